The zero-order valence-corrected chi connectivity index (χ0v) is 13.6. The lowest BCUT2D eigenvalue weighted by atomic mass is 9.88. The van der Waals surface area contributed by atoms with Gasteiger partial charge in [-0.1, -0.05) is 33.6 Å². The maximum Gasteiger partial charge on any atom is 0.239 e. The number of nitrogens with one attached hydrogen (secondary N) is 2. The molecule has 3 N–H and O–H groups in total. The van der Waals surface area contributed by atoms with Crippen molar-refractivity contribution in [2.75, 3.05) is 13.2 Å². The predicted octanol–water partition coefficient (Wildman–Crippen LogP) is 1.60. The molecule has 122 valence electrons. The molecule has 0 saturated heterocycles. The quantitative estimate of drug-likeness (QED) is 0.668. The number of rotatable bonds is 7. The summed E-state index contributed by atoms with van der Waals surface area (Å²) in [6, 6.07) is -0.260. The molecule has 1 saturated carbocycles. The Balaban J connectivity index is 2.24. The fourth-order valence-electron chi connectivity index (χ4n) is 2.91. The van der Waals surface area contributed by atoms with Gasteiger partial charge in [0.15, 0.2) is 0 Å². The van der Waals surface area contributed by atoms with Gasteiger partial charge in [-0.3, -0.25) is 9.59 Å². The third-order valence-corrected chi connectivity index (χ3v) is 3.84. The topological polar surface area (TPSA) is 78.4 Å². The van der Waals surface area contributed by atoms with E-state index in [4.69, 9.17) is 0 Å². The van der Waals surface area contributed by atoms with Gasteiger partial charge in [-0.2, -0.15) is 0 Å². The summed E-state index contributed by atoms with van der Waals surface area (Å²) in [4.78, 5) is 23.6. The fraction of sp³-hybridized carbons (Fsp3) is 0.875. The van der Waals surface area contributed by atoms with E-state index in [1.165, 1.54) is 12.8 Å². The van der Waals surface area contributed by atoms with Gasteiger partial charge in [-0.25, -0.2) is 0 Å². The highest BCUT2D eigenvalue weighted by molar-refractivity contribution is 5.84. The van der Waals surface area contributed by atoms with E-state index in [2.05, 4.69) is 31.4 Å². The first kappa shape index (κ1) is 18.0. The molecule has 0 aliphatic heterocycles. The summed E-state index contributed by atoms with van der Waals surface area (Å²) >= 11 is 0. The highest BCUT2D eigenvalue weighted by atomic mass is 16.3. The smallest absolute Gasteiger partial charge is 0.239 e. The van der Waals surface area contributed by atoms with E-state index in [9.17, 15) is 14.7 Å². The monoisotopic (exact) mass is 298 g/mol. The normalized spacial score (nSPS) is 17.5. The number of carbonyl (C=O) groups excluding carboxylic acids is 2. The lowest BCUT2D eigenvalue weighted by Gasteiger charge is -2.25. The van der Waals surface area contributed by atoms with Crippen molar-refractivity contribution >= 4 is 11.8 Å². The van der Waals surface area contributed by atoms with Crippen LogP contribution >= 0.6 is 0 Å². The second-order valence-corrected chi connectivity index (χ2v) is 7.34. The Morgan fingerprint density at radius 3 is 2.33 bits per heavy atom. The van der Waals surface area contributed by atoms with Crippen LogP contribution in [0.1, 0.15) is 59.3 Å². The molecule has 1 aliphatic rings. The van der Waals surface area contributed by atoms with Crippen LogP contribution in [0.15, 0.2) is 0 Å². The largest absolute Gasteiger partial charge is 0.394 e. The summed E-state index contributed by atoms with van der Waals surface area (Å²) < 4.78 is 0. The molecule has 1 unspecified atom stereocenters. The van der Waals surface area contributed by atoms with Gasteiger partial charge in [-0.15, -0.1) is 0 Å². The fourth-order valence-corrected chi connectivity index (χ4v) is 2.91. The second kappa shape index (κ2) is 8.37. The van der Waals surface area contributed by atoms with Crippen molar-refractivity contribution in [3.05, 3.63) is 0 Å². The molecule has 5 nitrogen and oxygen atoms in total. The van der Waals surface area contributed by atoms with E-state index >= 15 is 0 Å². The summed E-state index contributed by atoms with van der Waals surface area (Å²) in [6.07, 6.45) is 5.90. The van der Waals surface area contributed by atoms with Crippen LogP contribution in [0, 0.1) is 11.3 Å². The molecule has 1 aliphatic carbocycles. The number of carbonyl (C=O) groups is 2. The lowest BCUT2D eigenvalue weighted by molar-refractivity contribution is -0.127. The van der Waals surface area contributed by atoms with Crippen LogP contribution in [0.5, 0.6) is 0 Å². The average Bonchev–Trinajstić information content (AvgIpc) is 2.86. The van der Waals surface area contributed by atoms with Gasteiger partial charge in [0.05, 0.1) is 19.2 Å². The molecule has 0 aromatic heterocycles. The summed E-state index contributed by atoms with van der Waals surface area (Å²) in [7, 11) is 0. The Morgan fingerprint density at radius 1 is 1.19 bits per heavy atom. The van der Waals surface area contributed by atoms with Crippen LogP contribution in [-0.2, 0) is 9.59 Å². The van der Waals surface area contributed by atoms with E-state index in [1.54, 1.807) is 0 Å². The molecule has 0 spiro atoms. The first-order valence-corrected chi connectivity index (χ1v) is 7.97. The number of aliphatic hydroxyl groups excluding tert-OH is 1. The second-order valence-electron chi connectivity index (χ2n) is 7.34. The molecule has 0 heterocycles. The standard InChI is InChI=1S/C16H30N2O3/c1-16(2,3)9-13(11-19)18-15(21)10-17-14(20)8-12-6-4-5-7-12/h12-13,19H,4-11H2,1-3H3,(H,17,20)(H,18,21). The summed E-state index contributed by atoms with van der Waals surface area (Å²) in [6.45, 7) is 6.09. The molecule has 0 bridgehead atoms. The van der Waals surface area contributed by atoms with Crippen LogP contribution in [0.2, 0.25) is 0 Å². The molecule has 0 aromatic rings. The first-order chi connectivity index (χ1) is 9.80. The van der Waals surface area contributed by atoms with Gasteiger partial charge >= 0.3 is 0 Å². The molecule has 0 aromatic carbocycles. The average molecular weight is 298 g/mol. The highest BCUT2D eigenvalue weighted by Crippen LogP contribution is 2.27. The van der Waals surface area contributed by atoms with Gasteiger partial charge in [0, 0.05) is 6.42 Å². The van der Waals surface area contributed by atoms with Crippen molar-refractivity contribution in [1.82, 2.24) is 10.6 Å². The minimum atomic E-state index is -0.260. The molecule has 1 fully saturated rings. The molecular weight excluding hydrogens is 268 g/mol. The van der Waals surface area contributed by atoms with Crippen molar-refractivity contribution < 1.29 is 14.7 Å². The number of hydrogen-bond acceptors (Lipinski definition) is 3. The van der Waals surface area contributed by atoms with Crippen molar-refractivity contribution in [2.45, 2.75) is 65.3 Å². The van der Waals surface area contributed by atoms with Crippen LogP contribution in [0.3, 0.4) is 0 Å². The van der Waals surface area contributed by atoms with Crippen molar-refractivity contribution in [1.29, 1.82) is 0 Å². The maximum atomic E-state index is 11.8. The summed E-state index contributed by atoms with van der Waals surface area (Å²) in [5.41, 5.74) is 0.0341. The van der Waals surface area contributed by atoms with Crippen LogP contribution in [0.25, 0.3) is 0 Å². The van der Waals surface area contributed by atoms with Crippen molar-refractivity contribution in [2.24, 2.45) is 11.3 Å². The van der Waals surface area contributed by atoms with Gasteiger partial charge in [0.1, 0.15) is 0 Å². The van der Waals surface area contributed by atoms with Crippen molar-refractivity contribution in [3.8, 4) is 0 Å². The Bertz CT molecular complexity index is 344. The third-order valence-electron chi connectivity index (χ3n) is 3.84. The lowest BCUT2D eigenvalue weighted by Crippen LogP contribution is -2.45. The van der Waals surface area contributed by atoms with E-state index in [1.807, 2.05) is 0 Å². The van der Waals surface area contributed by atoms with Gasteiger partial charge < -0.3 is 15.7 Å². The molecular formula is C16H30N2O3. The minimum absolute atomic E-state index is 0.00774. The van der Waals surface area contributed by atoms with E-state index in [0.29, 0.717) is 18.8 Å². The Hall–Kier alpha value is -1.10. The molecule has 0 radical (unpaired) electrons. The van der Waals surface area contributed by atoms with Crippen LogP contribution in [0.4, 0.5) is 0 Å². The summed E-state index contributed by atoms with van der Waals surface area (Å²) in [5.74, 6) is 0.200. The number of amides is 2. The zero-order valence-electron chi connectivity index (χ0n) is 13.6. The van der Waals surface area contributed by atoms with Crippen molar-refractivity contribution in [3.63, 3.8) is 0 Å². The van der Waals surface area contributed by atoms with E-state index in [0.717, 1.165) is 12.8 Å². The molecule has 1 rings (SSSR count). The Morgan fingerprint density at radius 2 is 1.81 bits per heavy atom. The van der Waals surface area contributed by atoms with E-state index < -0.39 is 0 Å². The number of hydrogen-bond donors (Lipinski definition) is 3. The first-order valence-electron chi connectivity index (χ1n) is 7.97. The SMILES string of the molecule is CC(C)(C)CC(CO)NC(=O)CNC(=O)CC1CCCC1. The third kappa shape index (κ3) is 8.05. The van der Waals surface area contributed by atoms with Gasteiger partial charge in [0.25, 0.3) is 0 Å². The molecule has 5 heteroatoms. The van der Waals surface area contributed by atoms with E-state index in [-0.39, 0.29) is 36.4 Å². The molecule has 2 amide bonds. The maximum absolute atomic E-state index is 11.8. The van der Waals surface area contributed by atoms with Gasteiger partial charge in [0.2, 0.25) is 11.8 Å². The zero-order chi connectivity index (χ0) is 15.9. The molecule has 21 heavy (non-hydrogen) atoms. The molecule has 1 atom stereocenters. The Labute approximate surface area is 127 Å². The highest BCUT2D eigenvalue weighted by Gasteiger charge is 2.21. The van der Waals surface area contributed by atoms with Crippen LogP contribution < -0.4 is 10.6 Å². The van der Waals surface area contributed by atoms with Crippen LogP contribution in [-0.4, -0.2) is 36.1 Å². The minimum Gasteiger partial charge on any atom is -0.394 e. The summed E-state index contributed by atoms with van der Waals surface area (Å²) in [5, 5.41) is 14.7. The number of aliphatic hydroxyl groups is 1. The Kier molecular flexibility index (Phi) is 7.15. The van der Waals surface area contributed by atoms with Gasteiger partial charge in [-0.05, 0) is 30.6 Å². The predicted molar refractivity (Wildman–Crippen MR) is 82.7 cm³/mol.